The summed E-state index contributed by atoms with van der Waals surface area (Å²) >= 11 is 6.15. The van der Waals surface area contributed by atoms with Crippen LogP contribution < -0.4 is 9.46 Å². The summed E-state index contributed by atoms with van der Waals surface area (Å²) < 4.78 is 46.0. The first kappa shape index (κ1) is 22.5. The highest BCUT2D eigenvalue weighted by molar-refractivity contribution is 7.90. The molecule has 2 aromatic rings. The highest BCUT2D eigenvalue weighted by Gasteiger charge is 2.35. The summed E-state index contributed by atoms with van der Waals surface area (Å²) in [7, 11) is -4.35. The van der Waals surface area contributed by atoms with Gasteiger partial charge in [0.1, 0.15) is 5.75 Å². The summed E-state index contributed by atoms with van der Waals surface area (Å²) in [6.07, 6.45) is 5.47. The van der Waals surface area contributed by atoms with E-state index in [1.807, 2.05) is 10.8 Å². The van der Waals surface area contributed by atoms with Gasteiger partial charge in [-0.25, -0.2) is 9.71 Å². The molecule has 0 unspecified atom stereocenters. The average Bonchev–Trinajstić information content (AvgIpc) is 2.68. The molecule has 1 fully saturated rings. The number of benzene rings is 1. The maximum atomic E-state index is 13.3. The van der Waals surface area contributed by atoms with Gasteiger partial charge in [-0.2, -0.15) is 12.8 Å². The maximum absolute atomic E-state index is 13.3. The third-order valence-electron chi connectivity index (χ3n) is 5.12. The molecule has 162 valence electrons. The quantitative estimate of drug-likeness (QED) is 0.645. The Morgan fingerprint density at radius 2 is 1.90 bits per heavy atom. The number of ether oxygens (including phenoxy) is 1. The lowest BCUT2D eigenvalue weighted by molar-refractivity contribution is -0.132. The number of amides is 1. The number of nitrogens with one attached hydrogen (secondary N) is 1. The van der Waals surface area contributed by atoms with E-state index < -0.39 is 32.5 Å². The molecule has 3 rings (SSSR count). The largest absolute Gasteiger partial charge is 0.478 e. The molecule has 0 atom stereocenters. The van der Waals surface area contributed by atoms with Crippen LogP contribution in [0.25, 0.3) is 0 Å². The molecule has 1 aromatic carbocycles. The molecule has 0 saturated heterocycles. The Balaban J connectivity index is 1.82. The number of halogens is 2. The van der Waals surface area contributed by atoms with E-state index >= 15 is 0 Å². The fraction of sp³-hybridized carbons (Fsp3) is 0.429. The zero-order valence-electron chi connectivity index (χ0n) is 16.8. The van der Waals surface area contributed by atoms with Gasteiger partial charge in [-0.1, -0.05) is 43.0 Å². The topological polar surface area (TPSA) is 85.4 Å². The lowest BCUT2D eigenvalue weighted by Crippen LogP contribution is -2.48. The van der Waals surface area contributed by atoms with Crippen LogP contribution in [0.1, 0.15) is 57.4 Å². The van der Waals surface area contributed by atoms with Crippen molar-refractivity contribution in [3.63, 3.8) is 0 Å². The molecule has 1 aliphatic rings. The van der Waals surface area contributed by atoms with Crippen molar-refractivity contribution in [2.75, 3.05) is 0 Å². The van der Waals surface area contributed by atoms with Crippen molar-refractivity contribution < 1.29 is 22.3 Å². The molecule has 0 radical (unpaired) electrons. The van der Waals surface area contributed by atoms with Gasteiger partial charge in [-0.15, -0.1) is 0 Å². The maximum Gasteiger partial charge on any atom is 0.281 e. The van der Waals surface area contributed by atoms with Crippen molar-refractivity contribution in [3.05, 3.63) is 52.9 Å². The number of carbonyl (C=O) groups excluding carboxylic acids is 1. The van der Waals surface area contributed by atoms with Gasteiger partial charge >= 0.3 is 0 Å². The number of pyridine rings is 1. The predicted octanol–water partition coefficient (Wildman–Crippen LogP) is 4.58. The van der Waals surface area contributed by atoms with Crippen molar-refractivity contribution in [1.82, 2.24) is 9.71 Å². The number of sulfonamides is 1. The Morgan fingerprint density at radius 1 is 1.20 bits per heavy atom. The van der Waals surface area contributed by atoms with Crippen LogP contribution in [0.2, 0.25) is 5.02 Å². The molecule has 1 aliphatic carbocycles. The van der Waals surface area contributed by atoms with Crippen LogP contribution in [-0.2, 0) is 14.8 Å². The summed E-state index contributed by atoms with van der Waals surface area (Å²) in [5, 5.41) is -0.130. The van der Waals surface area contributed by atoms with Crippen LogP contribution in [-0.4, -0.2) is 24.9 Å². The van der Waals surface area contributed by atoms with E-state index in [9.17, 15) is 17.6 Å². The minimum absolute atomic E-state index is 0.296. The second-order valence-electron chi connectivity index (χ2n) is 7.86. The van der Waals surface area contributed by atoms with E-state index in [2.05, 4.69) is 4.98 Å². The molecule has 0 spiro atoms. The fourth-order valence-electron chi connectivity index (χ4n) is 3.51. The number of nitrogens with zero attached hydrogens (tertiary/aromatic N) is 1. The number of rotatable bonds is 6. The molecule has 6 nitrogen and oxygen atoms in total. The normalized spacial score (nSPS) is 15.6. The molecule has 0 bridgehead atoms. The molecule has 9 heteroatoms. The summed E-state index contributed by atoms with van der Waals surface area (Å²) in [5.41, 5.74) is -0.580. The van der Waals surface area contributed by atoms with Crippen LogP contribution in [0.4, 0.5) is 4.39 Å². The number of carbonyl (C=O) groups is 1. The molecule has 0 aliphatic heterocycles. The van der Waals surface area contributed by atoms with Crippen molar-refractivity contribution in [1.29, 1.82) is 0 Å². The van der Waals surface area contributed by atoms with Gasteiger partial charge in [0.25, 0.3) is 15.9 Å². The standard InChI is InChI=1S/C21H24ClFN2O4S/c1-21(2,20(26)25-30(27,28)19-10-6-9-18(23)24-19)29-17-13-15(22)11-12-16(17)14-7-4-3-5-8-14/h6,9-14H,3-5,7-8H2,1-2H3,(H,25,26). The number of aromatic nitrogens is 1. The Hall–Kier alpha value is -2.19. The van der Waals surface area contributed by atoms with E-state index in [-0.39, 0.29) is 0 Å². The smallest absolute Gasteiger partial charge is 0.281 e. The second kappa shape index (κ2) is 8.89. The lowest BCUT2D eigenvalue weighted by Gasteiger charge is -2.29. The molecular formula is C21H24ClFN2O4S. The van der Waals surface area contributed by atoms with Crippen molar-refractivity contribution in [2.24, 2.45) is 0 Å². The Morgan fingerprint density at radius 3 is 2.57 bits per heavy atom. The second-order valence-corrected chi connectivity index (χ2v) is 9.93. The highest BCUT2D eigenvalue weighted by Crippen LogP contribution is 2.39. The van der Waals surface area contributed by atoms with Gasteiger partial charge in [0.2, 0.25) is 5.95 Å². The van der Waals surface area contributed by atoms with Crippen LogP contribution in [0.15, 0.2) is 41.4 Å². The van der Waals surface area contributed by atoms with E-state index in [0.29, 0.717) is 16.7 Å². The molecule has 1 heterocycles. The third-order valence-corrected chi connectivity index (χ3v) is 6.59. The van der Waals surface area contributed by atoms with Crippen LogP contribution in [0.5, 0.6) is 5.75 Å². The van der Waals surface area contributed by atoms with Crippen molar-refractivity contribution in [3.8, 4) is 5.75 Å². The average molecular weight is 455 g/mol. The van der Waals surface area contributed by atoms with Crippen LogP contribution in [0, 0.1) is 5.95 Å². The Bertz CT molecular complexity index is 1040. The van der Waals surface area contributed by atoms with Gasteiger partial charge in [0.15, 0.2) is 10.6 Å². The zero-order chi connectivity index (χ0) is 21.9. The van der Waals surface area contributed by atoms with Crippen LogP contribution in [0.3, 0.4) is 0 Å². The minimum Gasteiger partial charge on any atom is -0.478 e. The van der Waals surface area contributed by atoms with E-state index in [0.717, 1.165) is 43.4 Å². The fourth-order valence-corrected chi connectivity index (χ4v) is 4.73. The summed E-state index contributed by atoms with van der Waals surface area (Å²) in [6, 6.07) is 8.64. The Kier molecular flexibility index (Phi) is 6.67. The lowest BCUT2D eigenvalue weighted by atomic mass is 9.83. The first-order chi connectivity index (χ1) is 14.1. The molecule has 1 saturated carbocycles. The van der Waals surface area contributed by atoms with Crippen LogP contribution >= 0.6 is 11.6 Å². The van der Waals surface area contributed by atoms with E-state index in [4.69, 9.17) is 16.3 Å². The molecule has 1 amide bonds. The van der Waals surface area contributed by atoms with E-state index in [1.54, 1.807) is 12.1 Å². The van der Waals surface area contributed by atoms with Gasteiger partial charge in [-0.05, 0) is 62.4 Å². The highest BCUT2D eigenvalue weighted by atomic mass is 35.5. The summed E-state index contributed by atoms with van der Waals surface area (Å²) in [4.78, 5) is 16.1. The first-order valence-electron chi connectivity index (χ1n) is 9.77. The third kappa shape index (κ3) is 5.29. The predicted molar refractivity (Wildman–Crippen MR) is 112 cm³/mol. The van der Waals surface area contributed by atoms with Gasteiger partial charge in [0, 0.05) is 5.02 Å². The zero-order valence-corrected chi connectivity index (χ0v) is 18.4. The number of hydrogen-bond acceptors (Lipinski definition) is 5. The van der Waals surface area contributed by atoms with Crippen molar-refractivity contribution in [2.45, 2.75) is 62.5 Å². The minimum atomic E-state index is -4.35. The van der Waals surface area contributed by atoms with Gasteiger partial charge in [-0.3, -0.25) is 4.79 Å². The molecular weight excluding hydrogens is 431 g/mol. The Labute approximate surface area is 180 Å². The summed E-state index contributed by atoms with van der Waals surface area (Å²) in [5.74, 6) is -1.11. The first-order valence-corrected chi connectivity index (χ1v) is 11.6. The molecule has 1 N–H and O–H groups in total. The van der Waals surface area contributed by atoms with E-state index in [1.165, 1.54) is 26.3 Å². The SMILES string of the molecule is CC(C)(Oc1cc(Cl)ccc1C1CCCCC1)C(=O)NS(=O)(=O)c1cccc(F)n1. The number of hydrogen-bond donors (Lipinski definition) is 1. The monoisotopic (exact) mass is 454 g/mol. The van der Waals surface area contributed by atoms with Gasteiger partial charge < -0.3 is 4.74 Å². The van der Waals surface area contributed by atoms with Gasteiger partial charge in [0.05, 0.1) is 0 Å². The molecule has 30 heavy (non-hydrogen) atoms. The molecule has 1 aromatic heterocycles. The summed E-state index contributed by atoms with van der Waals surface area (Å²) in [6.45, 7) is 2.92. The van der Waals surface area contributed by atoms with Crippen molar-refractivity contribution >= 4 is 27.5 Å².